The number of rotatable bonds is 4. The van der Waals surface area contributed by atoms with E-state index < -0.39 is 15.7 Å². The van der Waals surface area contributed by atoms with Gasteiger partial charge in [-0.25, -0.2) is 12.8 Å². The van der Waals surface area contributed by atoms with Crippen molar-refractivity contribution in [2.24, 2.45) is 0 Å². The molecule has 7 heteroatoms. The number of nitrogens with zero attached hydrogens (tertiary/aromatic N) is 2. The van der Waals surface area contributed by atoms with E-state index in [4.69, 9.17) is 0 Å². The molecule has 1 aliphatic heterocycles. The maximum atomic E-state index is 13.2. The fourth-order valence-electron chi connectivity index (χ4n) is 2.50. The van der Waals surface area contributed by atoms with Crippen molar-refractivity contribution >= 4 is 15.7 Å². The lowest BCUT2D eigenvalue weighted by molar-refractivity contribution is 0.0761. The van der Waals surface area contributed by atoms with Crippen LogP contribution in [-0.2, 0) is 9.84 Å². The molecule has 0 atom stereocenters. The number of carbonyl (C=O) groups is 1. The van der Waals surface area contributed by atoms with E-state index in [1.54, 1.807) is 11.0 Å². The van der Waals surface area contributed by atoms with Gasteiger partial charge in [-0.1, -0.05) is 6.07 Å². The van der Waals surface area contributed by atoms with Gasteiger partial charge in [-0.2, -0.15) is 0 Å². The Labute approximate surface area is 130 Å². The maximum absolute atomic E-state index is 13.2. The van der Waals surface area contributed by atoms with E-state index in [9.17, 15) is 17.6 Å². The number of amides is 1. The Morgan fingerprint density at radius 3 is 2.68 bits per heavy atom. The Morgan fingerprint density at radius 1 is 1.23 bits per heavy atom. The van der Waals surface area contributed by atoms with Crippen molar-refractivity contribution in [1.29, 1.82) is 0 Å². The van der Waals surface area contributed by atoms with Crippen LogP contribution in [0.1, 0.15) is 16.8 Å². The summed E-state index contributed by atoms with van der Waals surface area (Å²) < 4.78 is 35.7. The molecule has 0 saturated carbocycles. The molecule has 0 aliphatic carbocycles. The minimum Gasteiger partial charge on any atom is -0.337 e. The average Bonchev–Trinajstić information content (AvgIpc) is 2.69. The highest BCUT2D eigenvalue weighted by Crippen LogP contribution is 2.11. The van der Waals surface area contributed by atoms with Gasteiger partial charge < -0.3 is 9.80 Å². The molecule has 1 aliphatic rings. The molecule has 0 unspecified atom stereocenters. The highest BCUT2D eigenvalue weighted by molar-refractivity contribution is 7.90. The van der Waals surface area contributed by atoms with Gasteiger partial charge in [-0.15, -0.1) is 0 Å². The Bertz CT molecular complexity index is 633. The summed E-state index contributed by atoms with van der Waals surface area (Å²) in [5.41, 5.74) is 0.351. The Morgan fingerprint density at radius 2 is 2.00 bits per heavy atom. The first-order valence-corrected chi connectivity index (χ1v) is 9.36. The van der Waals surface area contributed by atoms with Gasteiger partial charge in [-0.3, -0.25) is 4.79 Å². The molecule has 1 fully saturated rings. The van der Waals surface area contributed by atoms with Gasteiger partial charge in [0.25, 0.3) is 5.91 Å². The molecule has 1 aromatic rings. The average molecular weight is 328 g/mol. The lowest BCUT2D eigenvalue weighted by Crippen LogP contribution is -2.36. The Hall–Kier alpha value is -1.47. The molecule has 1 aromatic carbocycles. The fraction of sp³-hybridized carbons (Fsp3) is 0.533. The molecular formula is C15H21FN2O3S. The Kier molecular flexibility index (Phi) is 5.52. The van der Waals surface area contributed by atoms with Crippen LogP contribution in [0.2, 0.25) is 0 Å². The van der Waals surface area contributed by atoms with E-state index in [1.165, 1.54) is 24.5 Å². The minimum atomic E-state index is -2.98. The van der Waals surface area contributed by atoms with Crippen molar-refractivity contribution in [1.82, 2.24) is 9.80 Å². The number of benzene rings is 1. The van der Waals surface area contributed by atoms with Gasteiger partial charge in [-0.05, 0) is 31.2 Å². The van der Waals surface area contributed by atoms with E-state index in [0.717, 1.165) is 13.0 Å². The number of hydrogen-bond acceptors (Lipinski definition) is 4. The van der Waals surface area contributed by atoms with Crippen LogP contribution in [0, 0.1) is 5.82 Å². The van der Waals surface area contributed by atoms with Crippen LogP contribution in [0.4, 0.5) is 4.39 Å². The van der Waals surface area contributed by atoms with E-state index in [1.807, 2.05) is 0 Å². The molecule has 1 heterocycles. The molecule has 22 heavy (non-hydrogen) atoms. The van der Waals surface area contributed by atoms with Crippen LogP contribution in [-0.4, -0.2) is 68.9 Å². The Balaban J connectivity index is 1.94. The van der Waals surface area contributed by atoms with Gasteiger partial charge >= 0.3 is 0 Å². The third-order valence-electron chi connectivity index (χ3n) is 3.73. The zero-order chi connectivity index (χ0) is 16.2. The minimum absolute atomic E-state index is 0.130. The van der Waals surface area contributed by atoms with E-state index in [-0.39, 0.29) is 11.7 Å². The quantitative estimate of drug-likeness (QED) is 0.828. The lowest BCUT2D eigenvalue weighted by Gasteiger charge is -2.22. The molecule has 5 nitrogen and oxygen atoms in total. The third-order valence-corrected chi connectivity index (χ3v) is 4.65. The van der Waals surface area contributed by atoms with Crippen molar-refractivity contribution in [3.63, 3.8) is 0 Å². The predicted octanol–water partition coefficient (Wildman–Crippen LogP) is 1.02. The molecule has 0 bridgehead atoms. The second-order valence-corrected chi connectivity index (χ2v) is 7.89. The summed E-state index contributed by atoms with van der Waals surface area (Å²) in [4.78, 5) is 16.1. The summed E-state index contributed by atoms with van der Waals surface area (Å²) in [6, 6.07) is 5.69. The molecule has 2 rings (SSSR count). The summed E-state index contributed by atoms with van der Waals surface area (Å²) in [5.74, 6) is -0.467. The largest absolute Gasteiger partial charge is 0.337 e. The summed E-state index contributed by atoms with van der Waals surface area (Å²) in [6.07, 6.45) is 2.01. The number of hydrogen-bond donors (Lipinski definition) is 0. The summed E-state index contributed by atoms with van der Waals surface area (Å²) in [5, 5.41) is 0. The topological polar surface area (TPSA) is 57.7 Å². The molecular weight excluding hydrogens is 307 g/mol. The SMILES string of the molecule is CS(=O)(=O)CCN1CCCN(C(=O)c2cccc(F)c2)CC1. The number of carbonyl (C=O) groups excluding carboxylic acids is 1. The molecule has 122 valence electrons. The standard InChI is InChI=1S/C15H21FN2O3S/c1-22(20,21)11-10-17-6-3-7-18(9-8-17)15(19)13-4-2-5-14(16)12-13/h2,4-5,12H,3,6-11H2,1H3. The van der Waals surface area contributed by atoms with Crippen LogP contribution in [0.5, 0.6) is 0 Å². The van der Waals surface area contributed by atoms with Gasteiger partial charge in [0, 0.05) is 38.0 Å². The van der Waals surface area contributed by atoms with E-state index in [2.05, 4.69) is 4.90 Å². The summed E-state index contributed by atoms with van der Waals surface area (Å²) in [6.45, 7) is 3.02. The lowest BCUT2D eigenvalue weighted by atomic mass is 10.2. The van der Waals surface area contributed by atoms with Crippen LogP contribution >= 0.6 is 0 Å². The highest BCUT2D eigenvalue weighted by Gasteiger charge is 2.21. The maximum Gasteiger partial charge on any atom is 0.254 e. The zero-order valence-electron chi connectivity index (χ0n) is 12.7. The molecule has 0 radical (unpaired) electrons. The van der Waals surface area contributed by atoms with Gasteiger partial charge in [0.2, 0.25) is 0 Å². The smallest absolute Gasteiger partial charge is 0.254 e. The van der Waals surface area contributed by atoms with Crippen molar-refractivity contribution in [3.8, 4) is 0 Å². The number of halogens is 1. The molecule has 0 spiro atoms. The van der Waals surface area contributed by atoms with Crippen molar-refractivity contribution in [2.45, 2.75) is 6.42 Å². The molecule has 0 aromatic heterocycles. The highest BCUT2D eigenvalue weighted by atomic mass is 32.2. The van der Waals surface area contributed by atoms with E-state index >= 15 is 0 Å². The first-order valence-electron chi connectivity index (χ1n) is 7.30. The van der Waals surface area contributed by atoms with E-state index in [0.29, 0.717) is 31.7 Å². The third kappa shape index (κ3) is 5.06. The van der Waals surface area contributed by atoms with Crippen LogP contribution < -0.4 is 0 Å². The predicted molar refractivity (Wildman–Crippen MR) is 83.1 cm³/mol. The zero-order valence-corrected chi connectivity index (χ0v) is 13.5. The van der Waals surface area contributed by atoms with Crippen LogP contribution in [0.25, 0.3) is 0 Å². The molecule has 1 amide bonds. The molecule has 1 saturated heterocycles. The summed E-state index contributed by atoms with van der Waals surface area (Å²) >= 11 is 0. The monoisotopic (exact) mass is 328 g/mol. The second-order valence-electron chi connectivity index (χ2n) is 5.63. The van der Waals surface area contributed by atoms with Crippen molar-refractivity contribution in [3.05, 3.63) is 35.6 Å². The number of sulfone groups is 1. The van der Waals surface area contributed by atoms with Gasteiger partial charge in [0.15, 0.2) is 0 Å². The fourth-order valence-corrected chi connectivity index (χ4v) is 3.09. The summed E-state index contributed by atoms with van der Waals surface area (Å²) in [7, 11) is -2.98. The van der Waals surface area contributed by atoms with Crippen LogP contribution in [0.15, 0.2) is 24.3 Å². The van der Waals surface area contributed by atoms with Crippen molar-refractivity contribution in [2.75, 3.05) is 44.7 Å². The second kappa shape index (κ2) is 7.19. The van der Waals surface area contributed by atoms with Crippen LogP contribution in [0.3, 0.4) is 0 Å². The first-order chi connectivity index (χ1) is 10.3. The first kappa shape index (κ1) is 16.9. The normalized spacial score (nSPS) is 17.3. The molecule has 0 N–H and O–H groups in total. The van der Waals surface area contributed by atoms with Gasteiger partial charge in [0.1, 0.15) is 15.7 Å². The van der Waals surface area contributed by atoms with Gasteiger partial charge in [0.05, 0.1) is 5.75 Å². The van der Waals surface area contributed by atoms with Crippen molar-refractivity contribution < 1.29 is 17.6 Å².